The minimum Gasteiger partial charge on any atom is -0.449 e. The molecular formula is C19H20F7N3O4. The average Bonchev–Trinajstić information content (AvgIpc) is 3.11. The molecule has 0 bridgehead atoms. The maximum atomic E-state index is 14.1. The molecular weight excluding hydrogens is 467 g/mol. The van der Waals surface area contributed by atoms with Crippen LogP contribution in [0.2, 0.25) is 0 Å². The molecule has 0 radical (unpaired) electrons. The molecule has 2 aromatic rings. The zero-order chi connectivity index (χ0) is 25.0. The number of ether oxygens (including phenoxy) is 1. The molecule has 0 amide bonds. The maximum Gasteiger partial charge on any atom is 0.420 e. The molecule has 1 heterocycles. The number of alkyl halides is 7. The number of aromatic nitrogens is 2. The molecule has 0 spiro atoms. The van der Waals surface area contributed by atoms with Crippen LogP contribution in [-0.2, 0) is 16.8 Å². The summed E-state index contributed by atoms with van der Waals surface area (Å²) in [6.07, 6.45) is -6.72. The highest BCUT2D eigenvalue weighted by molar-refractivity contribution is 5.93. The van der Waals surface area contributed by atoms with Crippen LogP contribution in [0, 0.1) is 10.1 Å². The van der Waals surface area contributed by atoms with Gasteiger partial charge in [0.2, 0.25) is 0 Å². The summed E-state index contributed by atoms with van der Waals surface area (Å²) < 4.78 is 98.4. The van der Waals surface area contributed by atoms with Gasteiger partial charge in [0.05, 0.1) is 22.6 Å². The molecule has 2 rings (SSSR count). The van der Waals surface area contributed by atoms with Gasteiger partial charge >= 0.3 is 24.6 Å². The Morgan fingerprint density at radius 1 is 1.12 bits per heavy atom. The van der Waals surface area contributed by atoms with Crippen molar-refractivity contribution in [3.8, 4) is 0 Å². The van der Waals surface area contributed by atoms with Crippen LogP contribution in [0.15, 0.2) is 12.1 Å². The van der Waals surface area contributed by atoms with E-state index in [0.717, 1.165) is 25.7 Å². The Morgan fingerprint density at radius 3 is 2.27 bits per heavy atom. The summed E-state index contributed by atoms with van der Waals surface area (Å²) in [6.45, 7) is 1.67. The first-order valence-corrected chi connectivity index (χ1v) is 9.94. The van der Waals surface area contributed by atoms with Gasteiger partial charge in [0.15, 0.2) is 11.3 Å². The lowest BCUT2D eigenvalue weighted by molar-refractivity contribution is -0.383. The molecule has 0 aliphatic carbocycles. The smallest absolute Gasteiger partial charge is 0.420 e. The second kappa shape index (κ2) is 10.3. The molecule has 0 saturated heterocycles. The molecule has 0 atom stereocenters. The van der Waals surface area contributed by atoms with Crippen molar-refractivity contribution in [2.75, 3.05) is 6.61 Å². The summed E-state index contributed by atoms with van der Waals surface area (Å²) >= 11 is 0. The second-order valence-corrected chi connectivity index (χ2v) is 7.19. The van der Waals surface area contributed by atoms with Crippen molar-refractivity contribution < 1.29 is 45.2 Å². The zero-order valence-corrected chi connectivity index (χ0v) is 17.3. The van der Waals surface area contributed by atoms with Gasteiger partial charge in [-0.3, -0.25) is 10.1 Å². The quantitative estimate of drug-likeness (QED) is 0.162. The molecule has 0 unspecified atom stereocenters. The van der Waals surface area contributed by atoms with Gasteiger partial charge in [-0.2, -0.15) is 22.0 Å². The Labute approximate surface area is 182 Å². The number of fused-ring (bicyclic) bond motifs is 1. The van der Waals surface area contributed by atoms with Crippen LogP contribution in [0.5, 0.6) is 0 Å². The number of nitrogens with zero attached hydrogens (tertiary/aromatic N) is 3. The van der Waals surface area contributed by atoms with Crippen LogP contribution < -0.4 is 0 Å². The number of carbonyl (C=O) groups is 1. The minimum atomic E-state index is -5.16. The molecule has 14 heteroatoms. The Balaban J connectivity index is 2.53. The molecule has 0 fully saturated rings. The van der Waals surface area contributed by atoms with Gasteiger partial charge in [-0.1, -0.05) is 39.0 Å². The van der Waals surface area contributed by atoms with Crippen molar-refractivity contribution in [1.29, 1.82) is 0 Å². The highest BCUT2D eigenvalue weighted by atomic mass is 19.4. The van der Waals surface area contributed by atoms with Crippen LogP contribution in [-0.4, -0.2) is 33.6 Å². The Kier molecular flexibility index (Phi) is 8.25. The fraction of sp³-hybridized carbons (Fsp3) is 0.579. The van der Waals surface area contributed by atoms with E-state index in [0.29, 0.717) is 6.42 Å². The highest BCUT2D eigenvalue weighted by Gasteiger charge is 2.49. The first-order valence-electron chi connectivity index (χ1n) is 9.94. The first kappa shape index (κ1) is 26.3. The van der Waals surface area contributed by atoms with Crippen molar-refractivity contribution in [3.05, 3.63) is 33.6 Å². The van der Waals surface area contributed by atoms with Crippen molar-refractivity contribution in [1.82, 2.24) is 9.55 Å². The van der Waals surface area contributed by atoms with E-state index < -0.39 is 57.6 Å². The van der Waals surface area contributed by atoms with Gasteiger partial charge < -0.3 is 4.74 Å². The lowest BCUT2D eigenvalue weighted by atomic mass is 10.1. The summed E-state index contributed by atoms with van der Waals surface area (Å²) in [5.74, 6) is -7.06. The number of benzene rings is 1. The van der Waals surface area contributed by atoms with Gasteiger partial charge in [-0.05, 0) is 12.5 Å². The largest absolute Gasteiger partial charge is 0.449 e. The van der Waals surface area contributed by atoms with Crippen molar-refractivity contribution in [3.63, 3.8) is 0 Å². The Hall–Kier alpha value is -2.93. The monoisotopic (exact) mass is 487 g/mol. The summed E-state index contributed by atoms with van der Waals surface area (Å²) in [4.78, 5) is 25.4. The summed E-state index contributed by atoms with van der Waals surface area (Å²) in [7, 11) is 0. The molecule has 0 aliphatic rings. The van der Waals surface area contributed by atoms with Crippen LogP contribution in [0.4, 0.5) is 41.2 Å². The molecule has 7 nitrogen and oxygen atoms in total. The number of nitro benzene ring substituents is 1. The number of halogens is 7. The molecule has 0 N–H and O–H groups in total. The number of nitro groups is 1. The van der Waals surface area contributed by atoms with Crippen LogP contribution >= 0.6 is 0 Å². The molecule has 1 aromatic carbocycles. The summed E-state index contributed by atoms with van der Waals surface area (Å²) in [5.41, 5.74) is -5.22. The van der Waals surface area contributed by atoms with E-state index in [2.05, 4.69) is 4.98 Å². The van der Waals surface area contributed by atoms with E-state index in [1.807, 2.05) is 6.92 Å². The highest BCUT2D eigenvalue weighted by Crippen LogP contribution is 2.40. The zero-order valence-electron chi connectivity index (χ0n) is 17.3. The maximum absolute atomic E-state index is 14.1. The molecule has 33 heavy (non-hydrogen) atoms. The van der Waals surface area contributed by atoms with Gasteiger partial charge in [0.25, 0.3) is 5.69 Å². The van der Waals surface area contributed by atoms with Crippen molar-refractivity contribution in [2.24, 2.45) is 0 Å². The Bertz CT molecular complexity index is 1010. The van der Waals surface area contributed by atoms with Crippen LogP contribution in [0.25, 0.3) is 11.0 Å². The van der Waals surface area contributed by atoms with E-state index in [1.165, 1.54) is 0 Å². The summed E-state index contributed by atoms with van der Waals surface area (Å²) in [5, 5.41) is 11.2. The van der Waals surface area contributed by atoms with E-state index in [-0.39, 0.29) is 29.7 Å². The number of hydrogen-bond acceptors (Lipinski definition) is 5. The number of hydrogen-bond donors (Lipinski definition) is 0. The van der Waals surface area contributed by atoms with E-state index in [4.69, 9.17) is 4.74 Å². The lowest BCUT2D eigenvalue weighted by Crippen LogP contribution is -2.31. The first-order chi connectivity index (χ1) is 15.3. The third kappa shape index (κ3) is 5.90. The van der Waals surface area contributed by atoms with E-state index in [1.54, 1.807) is 0 Å². The van der Waals surface area contributed by atoms with Crippen LogP contribution in [0.1, 0.15) is 56.8 Å². The van der Waals surface area contributed by atoms with Crippen molar-refractivity contribution in [2.45, 2.75) is 64.0 Å². The third-order valence-corrected chi connectivity index (χ3v) is 4.74. The van der Waals surface area contributed by atoms with E-state index in [9.17, 15) is 45.6 Å². The number of non-ortho nitro benzene ring substituents is 1. The number of unbranched alkanes of at least 4 members (excludes halogenated alkanes) is 5. The fourth-order valence-electron chi connectivity index (χ4n) is 3.07. The van der Waals surface area contributed by atoms with Gasteiger partial charge in [0.1, 0.15) is 0 Å². The summed E-state index contributed by atoms with van der Waals surface area (Å²) in [6, 6.07) is 0.165. The molecule has 184 valence electrons. The van der Waals surface area contributed by atoms with Gasteiger partial charge in [0, 0.05) is 6.07 Å². The topological polar surface area (TPSA) is 87.3 Å². The normalized spacial score (nSPS) is 12.5. The van der Waals surface area contributed by atoms with Gasteiger partial charge in [-0.25, -0.2) is 23.1 Å². The molecule has 0 saturated carbocycles. The lowest BCUT2D eigenvalue weighted by Gasteiger charge is -2.16. The number of carbonyl (C=O) groups excluding carboxylic acids is 1. The number of rotatable bonds is 10. The third-order valence-electron chi connectivity index (χ3n) is 4.74. The van der Waals surface area contributed by atoms with E-state index >= 15 is 0 Å². The molecule has 0 aliphatic heterocycles. The standard InChI is InChI=1S/C19H20F7N3O4/c1-2-3-4-5-6-7-8-33-17(30)28-12-9-11(19(24,25)26)10-13(29(31)32)14(12)27-16(28)18(22,23)15(20)21/h9-10,15H,2-8H2,1H3. The molecule has 1 aromatic heterocycles. The SMILES string of the molecule is CCCCCCCCOC(=O)n1c(C(F)(F)C(F)F)nc2c([N+](=O)[O-])cc(C(F)(F)F)cc21. The van der Waals surface area contributed by atoms with Crippen molar-refractivity contribution >= 4 is 22.8 Å². The minimum absolute atomic E-state index is 0.0195. The Morgan fingerprint density at radius 2 is 1.73 bits per heavy atom. The number of imidazole rings is 1. The predicted octanol–water partition coefficient (Wildman–Crippen LogP) is 6.67. The van der Waals surface area contributed by atoms with Crippen LogP contribution in [0.3, 0.4) is 0 Å². The average molecular weight is 487 g/mol. The second-order valence-electron chi connectivity index (χ2n) is 7.19. The van der Waals surface area contributed by atoms with Gasteiger partial charge in [-0.15, -0.1) is 0 Å². The predicted molar refractivity (Wildman–Crippen MR) is 101 cm³/mol. The fourth-order valence-corrected chi connectivity index (χ4v) is 3.07.